The Morgan fingerprint density at radius 1 is 0.531 bits per heavy atom. The number of hydrogen-bond acceptors (Lipinski definition) is 13. The summed E-state index contributed by atoms with van der Waals surface area (Å²) < 4.78 is 27.4. The zero-order chi connectivity index (χ0) is 45.5. The number of methoxy groups -OCH3 is 4. The van der Waals surface area contributed by atoms with Gasteiger partial charge in [0.25, 0.3) is 0 Å². The van der Waals surface area contributed by atoms with Crippen molar-refractivity contribution in [2.24, 2.45) is 0 Å². The van der Waals surface area contributed by atoms with Crippen molar-refractivity contribution in [3.05, 3.63) is 149 Å². The number of ether oxygens (including phenoxy) is 5. The van der Waals surface area contributed by atoms with Gasteiger partial charge in [-0.05, 0) is 107 Å². The molecule has 0 aliphatic carbocycles. The molecule has 6 aromatic rings. The van der Waals surface area contributed by atoms with Crippen LogP contribution in [0.5, 0.6) is 23.0 Å². The lowest BCUT2D eigenvalue weighted by molar-refractivity contribution is 0.0240. The van der Waals surface area contributed by atoms with Gasteiger partial charge in [-0.3, -0.25) is 0 Å². The second-order valence-electron chi connectivity index (χ2n) is 16.0. The fraction of sp³-hybridized carbons (Fsp3) is 0.327. The minimum absolute atomic E-state index is 0.267. The van der Waals surface area contributed by atoms with Gasteiger partial charge in [0.15, 0.2) is 0 Å². The number of amides is 1. The fourth-order valence-corrected chi connectivity index (χ4v) is 6.99. The van der Waals surface area contributed by atoms with Gasteiger partial charge in [-0.15, -0.1) is 0 Å². The van der Waals surface area contributed by atoms with E-state index in [1.54, 1.807) is 45.7 Å². The topological polar surface area (TPSA) is 128 Å². The van der Waals surface area contributed by atoms with E-state index in [1.165, 1.54) is 0 Å². The summed E-state index contributed by atoms with van der Waals surface area (Å²) in [6.07, 6.45) is 6.98. The van der Waals surface area contributed by atoms with Crippen LogP contribution in [0.2, 0.25) is 0 Å². The number of hydrogen-bond donors (Lipinski definition) is 0. The maximum absolute atomic E-state index is 12.4. The first-order chi connectivity index (χ1) is 30.9. The van der Waals surface area contributed by atoms with E-state index in [-0.39, 0.29) is 6.09 Å². The van der Waals surface area contributed by atoms with Gasteiger partial charge in [0.2, 0.25) is 11.9 Å². The molecule has 0 radical (unpaired) electrons. The van der Waals surface area contributed by atoms with Crippen LogP contribution in [0, 0.1) is 0 Å². The molecule has 1 aliphatic heterocycles. The van der Waals surface area contributed by atoms with Gasteiger partial charge in [0.1, 0.15) is 28.6 Å². The Bertz CT molecular complexity index is 2220. The zero-order valence-electron chi connectivity index (χ0n) is 37.6. The molecular weight excluding hydrogens is 876 g/mol. The van der Waals surface area contributed by atoms with Crippen LogP contribution >= 0.6 is 15.9 Å². The highest BCUT2D eigenvalue weighted by Crippen LogP contribution is 2.24. The molecule has 1 aliphatic rings. The van der Waals surface area contributed by atoms with Crippen molar-refractivity contribution in [3.8, 4) is 23.0 Å². The smallest absolute Gasteiger partial charge is 0.410 e. The predicted octanol–water partition coefficient (Wildman–Crippen LogP) is 9.22. The molecule has 14 nitrogen and oxygen atoms in total. The van der Waals surface area contributed by atoms with Crippen LogP contribution in [-0.4, -0.2) is 91.1 Å². The maximum Gasteiger partial charge on any atom is 0.410 e. The van der Waals surface area contributed by atoms with Crippen molar-refractivity contribution in [1.29, 1.82) is 0 Å². The Labute approximate surface area is 384 Å². The van der Waals surface area contributed by atoms with Crippen LogP contribution in [0.3, 0.4) is 0 Å². The van der Waals surface area contributed by atoms with Crippen molar-refractivity contribution >= 4 is 39.6 Å². The van der Waals surface area contributed by atoms with E-state index < -0.39 is 5.60 Å². The molecule has 64 heavy (non-hydrogen) atoms. The zero-order valence-corrected chi connectivity index (χ0v) is 39.2. The molecule has 1 amide bonds. The molecule has 2 aromatic heterocycles. The minimum atomic E-state index is -0.499. The highest BCUT2D eigenvalue weighted by atomic mass is 79.9. The summed E-state index contributed by atoms with van der Waals surface area (Å²) in [6, 6.07) is 32.1. The Morgan fingerprint density at radius 2 is 0.844 bits per heavy atom. The molecule has 0 unspecified atom stereocenters. The molecule has 0 N–H and O–H groups in total. The minimum Gasteiger partial charge on any atom is -0.497 e. The highest BCUT2D eigenvalue weighted by Gasteiger charge is 2.26. The first-order valence-corrected chi connectivity index (χ1v) is 21.7. The lowest BCUT2D eigenvalue weighted by Gasteiger charge is -2.36. The second-order valence-corrected chi connectivity index (χ2v) is 16.9. The van der Waals surface area contributed by atoms with Crippen molar-refractivity contribution in [2.75, 3.05) is 69.3 Å². The fourth-order valence-electron chi connectivity index (χ4n) is 6.78. The van der Waals surface area contributed by atoms with E-state index in [0.717, 1.165) is 55.4 Å². The molecule has 0 spiro atoms. The van der Waals surface area contributed by atoms with Crippen LogP contribution in [0.25, 0.3) is 0 Å². The van der Waals surface area contributed by atoms with Crippen LogP contribution in [0.15, 0.2) is 126 Å². The summed E-state index contributed by atoms with van der Waals surface area (Å²) in [5.74, 6) is 4.66. The van der Waals surface area contributed by atoms with E-state index in [9.17, 15) is 4.79 Å². The molecule has 7 rings (SSSR count). The third-order valence-electron chi connectivity index (χ3n) is 10.2. The second kappa shape index (κ2) is 22.7. The molecule has 336 valence electrons. The molecule has 1 saturated heterocycles. The maximum atomic E-state index is 12.4. The Kier molecular flexibility index (Phi) is 16.6. The molecular formula is C49H57BrN8O6. The molecule has 4 aromatic carbocycles. The van der Waals surface area contributed by atoms with E-state index >= 15 is 0 Å². The summed E-state index contributed by atoms with van der Waals surface area (Å²) in [7, 11) is 6.66. The van der Waals surface area contributed by atoms with Crippen molar-refractivity contribution < 1.29 is 28.5 Å². The number of anilines is 3. The lowest BCUT2D eigenvalue weighted by Crippen LogP contribution is -2.50. The SMILES string of the molecule is COc1ccc(CN(Cc2ccc(OC)cc2)c2ncc(Br)cn2)cc1.COc1ccc(CN(Cc2ccc(OC)cc2)c2ncc(N3CCN(C(=O)OC(C)(C)C)CC3)cn2)cc1. The molecule has 3 heterocycles. The number of aromatic nitrogens is 4. The number of rotatable bonds is 15. The number of carbonyl (C=O) groups excluding carboxylic acids is 1. The van der Waals surface area contributed by atoms with Crippen molar-refractivity contribution in [1.82, 2.24) is 24.8 Å². The summed E-state index contributed by atoms with van der Waals surface area (Å²) in [5.41, 5.74) is 5.01. The Morgan fingerprint density at radius 3 is 1.14 bits per heavy atom. The Balaban J connectivity index is 0.000000228. The van der Waals surface area contributed by atoms with Gasteiger partial charge in [0, 0.05) is 64.8 Å². The van der Waals surface area contributed by atoms with Crippen molar-refractivity contribution in [2.45, 2.75) is 52.6 Å². The molecule has 0 bridgehead atoms. The Hall–Kier alpha value is -6.61. The van der Waals surface area contributed by atoms with E-state index in [1.807, 2.05) is 81.7 Å². The van der Waals surface area contributed by atoms with Gasteiger partial charge >= 0.3 is 6.09 Å². The van der Waals surface area contributed by atoms with Crippen LogP contribution < -0.4 is 33.6 Å². The summed E-state index contributed by atoms with van der Waals surface area (Å²) in [6.45, 7) is 10.9. The summed E-state index contributed by atoms with van der Waals surface area (Å²) in [4.78, 5) is 39.0. The lowest BCUT2D eigenvalue weighted by atomic mass is 10.1. The van der Waals surface area contributed by atoms with E-state index in [4.69, 9.17) is 33.7 Å². The third-order valence-corrected chi connectivity index (χ3v) is 10.6. The van der Waals surface area contributed by atoms with Crippen LogP contribution in [0.4, 0.5) is 22.4 Å². The molecule has 0 atom stereocenters. The highest BCUT2D eigenvalue weighted by molar-refractivity contribution is 9.10. The number of nitrogens with zero attached hydrogens (tertiary/aromatic N) is 8. The normalized spacial score (nSPS) is 12.4. The van der Waals surface area contributed by atoms with Crippen molar-refractivity contribution in [3.63, 3.8) is 0 Å². The van der Waals surface area contributed by atoms with Gasteiger partial charge < -0.3 is 43.3 Å². The predicted molar refractivity (Wildman–Crippen MR) is 254 cm³/mol. The van der Waals surface area contributed by atoms with E-state index in [0.29, 0.717) is 64.3 Å². The molecule has 0 saturated carbocycles. The monoisotopic (exact) mass is 932 g/mol. The van der Waals surface area contributed by atoms with E-state index in [2.05, 4.69) is 89.1 Å². The van der Waals surface area contributed by atoms with Crippen LogP contribution in [0.1, 0.15) is 43.0 Å². The van der Waals surface area contributed by atoms with Gasteiger partial charge in [-0.2, -0.15) is 0 Å². The largest absolute Gasteiger partial charge is 0.497 e. The first-order valence-electron chi connectivity index (χ1n) is 21.0. The van der Waals surface area contributed by atoms with Gasteiger partial charge in [0.05, 0.1) is 51.0 Å². The number of piperazine rings is 1. The standard InChI is InChI=1S/C29H37N5O4.C20H20BrN3O2/c1-29(2,3)38-28(35)33-16-14-32(15-17-33)24-18-30-27(31-19-24)34(20-22-6-10-25(36-4)11-7-22)21-23-8-12-26(37-5)13-9-23;1-25-18-7-3-15(4-8-18)13-24(20-22-11-17(21)12-23-20)14-16-5-9-19(26-2)10-6-16/h6-13,18-19H,14-17,20-21H2,1-5H3;3-12H,13-14H2,1-2H3. The average molecular weight is 934 g/mol. The molecule has 1 fully saturated rings. The number of halogens is 1. The van der Waals surface area contributed by atoms with Gasteiger partial charge in [-0.1, -0.05) is 48.5 Å². The number of benzene rings is 4. The first kappa shape index (κ1) is 46.9. The third kappa shape index (κ3) is 13.9. The summed E-state index contributed by atoms with van der Waals surface area (Å²) in [5, 5.41) is 0. The van der Waals surface area contributed by atoms with Crippen LogP contribution in [-0.2, 0) is 30.9 Å². The average Bonchev–Trinajstić information content (AvgIpc) is 3.32. The summed E-state index contributed by atoms with van der Waals surface area (Å²) >= 11 is 3.39. The quantitative estimate of drug-likeness (QED) is 0.0972. The van der Waals surface area contributed by atoms with Gasteiger partial charge in [-0.25, -0.2) is 24.7 Å². The number of carbonyl (C=O) groups is 1. The molecule has 15 heteroatoms.